The van der Waals surface area contributed by atoms with Crippen molar-refractivity contribution in [2.24, 2.45) is 0 Å². The van der Waals surface area contributed by atoms with Gasteiger partial charge in [0.2, 0.25) is 0 Å². The van der Waals surface area contributed by atoms with Crippen LogP contribution in [0.25, 0.3) is 11.1 Å². The highest BCUT2D eigenvalue weighted by Gasteiger charge is 2.11. The van der Waals surface area contributed by atoms with Crippen LogP contribution in [0.5, 0.6) is 0 Å². The molecule has 0 saturated heterocycles. The minimum Gasteiger partial charge on any atom is -0.310 e. The minimum absolute atomic E-state index is 0.423. The van der Waals surface area contributed by atoms with Gasteiger partial charge >= 0.3 is 0 Å². The Kier molecular flexibility index (Phi) is 5.32. The molecule has 0 aliphatic heterocycles. The fourth-order valence-electron chi connectivity index (χ4n) is 2.27. The first-order chi connectivity index (χ1) is 9.88. The van der Waals surface area contributed by atoms with Crippen LogP contribution in [-0.2, 0) is 6.54 Å². The average molecular weight is 322 g/mol. The van der Waals surface area contributed by atoms with Crippen LogP contribution in [-0.4, -0.2) is 6.04 Å². The van der Waals surface area contributed by atoms with Gasteiger partial charge in [0.05, 0.1) is 0 Å². The minimum atomic E-state index is 0.423. The molecule has 1 nitrogen and oxygen atoms in total. The highest BCUT2D eigenvalue weighted by Crippen LogP contribution is 2.34. The van der Waals surface area contributed by atoms with E-state index < -0.39 is 0 Å². The maximum Gasteiger partial charge on any atom is 0.0487 e. The quantitative estimate of drug-likeness (QED) is 0.753. The Hall–Kier alpha value is -1.02. The molecule has 0 fully saturated rings. The Bertz CT molecular complexity index is 648. The zero-order valence-electron chi connectivity index (χ0n) is 12.9. The second kappa shape index (κ2) is 6.83. The smallest absolute Gasteiger partial charge is 0.0487 e. The van der Waals surface area contributed by atoms with Gasteiger partial charge in [0.1, 0.15) is 0 Å². The number of hydrogen-bond acceptors (Lipinski definition) is 1. The highest BCUT2D eigenvalue weighted by molar-refractivity contribution is 6.33. The van der Waals surface area contributed by atoms with Crippen LogP contribution in [0.2, 0.25) is 10.0 Å². The van der Waals surface area contributed by atoms with Crippen LogP contribution in [0, 0.1) is 13.8 Å². The van der Waals surface area contributed by atoms with Crippen molar-refractivity contribution in [2.45, 2.75) is 40.3 Å². The maximum absolute atomic E-state index is 6.46. The molecule has 0 aliphatic carbocycles. The van der Waals surface area contributed by atoms with Crippen molar-refractivity contribution in [2.75, 3.05) is 0 Å². The zero-order valence-corrected chi connectivity index (χ0v) is 14.4. The topological polar surface area (TPSA) is 12.0 Å². The third-order valence-corrected chi connectivity index (χ3v) is 4.19. The van der Waals surface area contributed by atoms with Crippen molar-refractivity contribution in [3.63, 3.8) is 0 Å². The average Bonchev–Trinajstić information content (AvgIpc) is 2.41. The summed E-state index contributed by atoms with van der Waals surface area (Å²) < 4.78 is 0. The first-order valence-corrected chi connectivity index (χ1v) is 7.93. The first kappa shape index (κ1) is 16.4. The zero-order chi connectivity index (χ0) is 15.6. The van der Waals surface area contributed by atoms with Gasteiger partial charge in [-0.3, -0.25) is 0 Å². The summed E-state index contributed by atoms with van der Waals surface area (Å²) in [5.41, 5.74) is 5.82. The lowest BCUT2D eigenvalue weighted by molar-refractivity contribution is 0.589. The molecule has 2 aromatic rings. The van der Waals surface area contributed by atoms with Gasteiger partial charge in [-0.25, -0.2) is 0 Å². The number of rotatable bonds is 4. The third kappa shape index (κ3) is 4.00. The van der Waals surface area contributed by atoms with Gasteiger partial charge in [0.15, 0.2) is 0 Å². The molecule has 0 aliphatic rings. The molecule has 0 spiro atoms. The number of aryl methyl sites for hydroxylation is 2. The Labute approximate surface area is 137 Å². The summed E-state index contributed by atoms with van der Waals surface area (Å²) in [5, 5.41) is 4.98. The van der Waals surface area contributed by atoms with Crippen molar-refractivity contribution in [3.8, 4) is 11.1 Å². The van der Waals surface area contributed by atoms with Gasteiger partial charge in [0.25, 0.3) is 0 Å². The van der Waals surface area contributed by atoms with Crippen molar-refractivity contribution < 1.29 is 0 Å². The Balaban J connectivity index is 2.50. The number of nitrogens with one attached hydrogen (secondary N) is 1. The van der Waals surface area contributed by atoms with Crippen LogP contribution in [0.4, 0.5) is 0 Å². The molecule has 0 radical (unpaired) electrons. The van der Waals surface area contributed by atoms with Gasteiger partial charge in [-0.1, -0.05) is 43.1 Å². The van der Waals surface area contributed by atoms with E-state index in [1.54, 1.807) is 0 Å². The van der Waals surface area contributed by atoms with E-state index in [0.717, 1.165) is 27.7 Å². The predicted octanol–water partition coefficient (Wildman–Crippen LogP) is 5.78. The van der Waals surface area contributed by atoms with Crippen molar-refractivity contribution in [1.29, 1.82) is 0 Å². The summed E-state index contributed by atoms with van der Waals surface area (Å²) >= 11 is 12.6. The maximum atomic E-state index is 6.46. The van der Waals surface area contributed by atoms with E-state index >= 15 is 0 Å². The molecular formula is C18H21Cl2N. The molecule has 2 rings (SSSR count). The molecular weight excluding hydrogens is 301 g/mol. The molecule has 0 bridgehead atoms. The van der Waals surface area contributed by atoms with Gasteiger partial charge in [-0.2, -0.15) is 0 Å². The summed E-state index contributed by atoms with van der Waals surface area (Å²) in [5.74, 6) is 0. The molecule has 0 aromatic heterocycles. The summed E-state index contributed by atoms with van der Waals surface area (Å²) in [4.78, 5) is 0. The van der Waals surface area contributed by atoms with E-state index in [9.17, 15) is 0 Å². The summed E-state index contributed by atoms with van der Waals surface area (Å²) in [6.45, 7) is 9.22. The van der Waals surface area contributed by atoms with Gasteiger partial charge in [-0.05, 0) is 60.4 Å². The van der Waals surface area contributed by atoms with Gasteiger partial charge < -0.3 is 5.32 Å². The van der Waals surface area contributed by atoms with E-state index in [1.807, 2.05) is 18.2 Å². The molecule has 0 atom stereocenters. The molecule has 0 saturated carbocycles. The lowest BCUT2D eigenvalue weighted by atomic mass is 9.96. The Morgan fingerprint density at radius 1 is 0.952 bits per heavy atom. The number of benzene rings is 2. The van der Waals surface area contributed by atoms with E-state index in [0.29, 0.717) is 6.04 Å². The fraction of sp³-hybridized carbons (Fsp3) is 0.333. The lowest BCUT2D eigenvalue weighted by Gasteiger charge is -2.15. The standard InChI is InChI=1S/C18H21Cl2N/c1-11(2)21-10-14-9-15(19)5-6-16(14)17-7-12(3)13(4)8-18(17)20/h5-9,11,21H,10H2,1-4H3. The lowest BCUT2D eigenvalue weighted by Crippen LogP contribution is -2.22. The van der Waals surface area contributed by atoms with E-state index in [-0.39, 0.29) is 0 Å². The van der Waals surface area contributed by atoms with E-state index in [2.05, 4.69) is 45.1 Å². The van der Waals surface area contributed by atoms with Crippen LogP contribution >= 0.6 is 23.2 Å². The second-order valence-corrected chi connectivity index (χ2v) is 6.60. The Morgan fingerprint density at radius 2 is 1.62 bits per heavy atom. The predicted molar refractivity (Wildman–Crippen MR) is 93.3 cm³/mol. The molecule has 2 aromatic carbocycles. The summed E-state index contributed by atoms with van der Waals surface area (Å²) in [6, 6.07) is 10.6. The number of halogens is 2. The van der Waals surface area contributed by atoms with Crippen molar-refractivity contribution >= 4 is 23.2 Å². The third-order valence-electron chi connectivity index (χ3n) is 3.64. The number of hydrogen-bond donors (Lipinski definition) is 1. The fourth-order valence-corrected chi connectivity index (χ4v) is 2.79. The van der Waals surface area contributed by atoms with Crippen LogP contribution in [0.3, 0.4) is 0 Å². The van der Waals surface area contributed by atoms with E-state index in [1.165, 1.54) is 16.7 Å². The second-order valence-electron chi connectivity index (χ2n) is 5.75. The summed E-state index contributed by atoms with van der Waals surface area (Å²) in [7, 11) is 0. The molecule has 21 heavy (non-hydrogen) atoms. The van der Waals surface area contributed by atoms with E-state index in [4.69, 9.17) is 23.2 Å². The molecule has 0 amide bonds. The van der Waals surface area contributed by atoms with Crippen LogP contribution in [0.15, 0.2) is 30.3 Å². The SMILES string of the molecule is Cc1cc(Cl)c(-c2ccc(Cl)cc2CNC(C)C)cc1C. The first-order valence-electron chi connectivity index (χ1n) is 7.17. The van der Waals surface area contributed by atoms with Crippen LogP contribution < -0.4 is 5.32 Å². The molecule has 0 heterocycles. The summed E-state index contributed by atoms with van der Waals surface area (Å²) in [6.07, 6.45) is 0. The van der Waals surface area contributed by atoms with Crippen molar-refractivity contribution in [3.05, 3.63) is 57.1 Å². The monoisotopic (exact) mass is 321 g/mol. The van der Waals surface area contributed by atoms with Gasteiger partial charge in [-0.15, -0.1) is 0 Å². The van der Waals surface area contributed by atoms with Crippen LogP contribution in [0.1, 0.15) is 30.5 Å². The molecule has 3 heteroatoms. The van der Waals surface area contributed by atoms with Crippen molar-refractivity contribution in [1.82, 2.24) is 5.32 Å². The molecule has 1 N–H and O–H groups in total. The normalized spacial score (nSPS) is 11.2. The Morgan fingerprint density at radius 3 is 2.29 bits per heavy atom. The molecule has 112 valence electrons. The van der Waals surface area contributed by atoms with Gasteiger partial charge in [0, 0.05) is 28.2 Å². The largest absolute Gasteiger partial charge is 0.310 e. The highest BCUT2D eigenvalue weighted by atomic mass is 35.5. The molecule has 0 unspecified atom stereocenters.